The summed E-state index contributed by atoms with van der Waals surface area (Å²) in [5.41, 5.74) is 0.569. The molecule has 1 heterocycles. The zero-order chi connectivity index (χ0) is 15.2. The normalized spacial score (nSPS) is 10.9. The van der Waals surface area contributed by atoms with E-state index in [9.17, 15) is 8.78 Å². The summed E-state index contributed by atoms with van der Waals surface area (Å²) in [6.45, 7) is 5.27. The molecule has 0 fully saturated rings. The van der Waals surface area contributed by atoms with Gasteiger partial charge in [-0.25, -0.2) is 13.8 Å². The van der Waals surface area contributed by atoms with Gasteiger partial charge < -0.3 is 10.1 Å². The van der Waals surface area contributed by atoms with Gasteiger partial charge >= 0.3 is 0 Å². The average molecular weight is 312 g/mol. The molecule has 1 aromatic carbocycles. The number of aromatic nitrogens is 1. The molecule has 114 valence electrons. The van der Waals surface area contributed by atoms with Crippen LogP contribution in [-0.2, 0) is 13.2 Å². The maximum absolute atomic E-state index is 13.9. The minimum absolute atomic E-state index is 0.118. The number of benzene rings is 1. The van der Waals surface area contributed by atoms with Crippen molar-refractivity contribution in [2.24, 2.45) is 0 Å². The summed E-state index contributed by atoms with van der Waals surface area (Å²) in [6, 6.07) is 2.61. The second-order valence-electron chi connectivity index (χ2n) is 4.70. The van der Waals surface area contributed by atoms with Crippen LogP contribution in [-0.4, -0.2) is 11.5 Å². The number of thiazole rings is 1. The van der Waals surface area contributed by atoms with Crippen molar-refractivity contribution >= 4 is 11.3 Å². The Morgan fingerprint density at radius 1 is 1.29 bits per heavy atom. The standard InChI is InChI=1S/C15H18F2N2OS/c1-3-4-18-7-11-5-13(16)15(14(17)6-11)20-9-12-8-19-10(2)21-12/h5-6,8,18H,3-4,7,9H2,1-2H3. The highest BCUT2D eigenvalue weighted by Gasteiger charge is 2.13. The zero-order valence-corrected chi connectivity index (χ0v) is 12.9. The second kappa shape index (κ2) is 7.47. The molecule has 0 aliphatic heterocycles. The molecule has 3 nitrogen and oxygen atoms in total. The van der Waals surface area contributed by atoms with Gasteiger partial charge in [-0.05, 0) is 37.6 Å². The third-order valence-corrected chi connectivity index (χ3v) is 3.73. The van der Waals surface area contributed by atoms with E-state index in [-0.39, 0.29) is 12.4 Å². The highest BCUT2D eigenvalue weighted by Crippen LogP contribution is 2.25. The van der Waals surface area contributed by atoms with Gasteiger partial charge in [-0.3, -0.25) is 0 Å². The quantitative estimate of drug-likeness (QED) is 0.790. The molecule has 2 rings (SSSR count). The van der Waals surface area contributed by atoms with Crippen molar-refractivity contribution in [1.29, 1.82) is 0 Å². The molecule has 0 saturated carbocycles. The summed E-state index contributed by atoms with van der Waals surface area (Å²) in [7, 11) is 0. The highest BCUT2D eigenvalue weighted by molar-refractivity contribution is 7.11. The largest absolute Gasteiger partial charge is 0.482 e. The van der Waals surface area contributed by atoms with Gasteiger partial charge in [-0.15, -0.1) is 11.3 Å². The van der Waals surface area contributed by atoms with E-state index >= 15 is 0 Å². The molecule has 0 amide bonds. The molecule has 1 aromatic heterocycles. The molecular formula is C15H18F2N2OS. The van der Waals surface area contributed by atoms with E-state index in [0.717, 1.165) is 22.9 Å². The minimum atomic E-state index is -0.676. The van der Waals surface area contributed by atoms with Crippen LogP contribution >= 0.6 is 11.3 Å². The number of hydrogen-bond acceptors (Lipinski definition) is 4. The Kier molecular flexibility index (Phi) is 5.64. The Hall–Kier alpha value is -1.53. The molecule has 6 heteroatoms. The van der Waals surface area contributed by atoms with Crippen LogP contribution in [0.3, 0.4) is 0 Å². The molecule has 0 saturated heterocycles. The smallest absolute Gasteiger partial charge is 0.191 e. The van der Waals surface area contributed by atoms with Crippen molar-refractivity contribution in [3.8, 4) is 5.75 Å². The third kappa shape index (κ3) is 4.47. The van der Waals surface area contributed by atoms with Crippen molar-refractivity contribution in [3.63, 3.8) is 0 Å². The number of aryl methyl sites for hydroxylation is 1. The minimum Gasteiger partial charge on any atom is -0.482 e. The van der Waals surface area contributed by atoms with Crippen LogP contribution in [0.4, 0.5) is 8.78 Å². The van der Waals surface area contributed by atoms with Crippen molar-refractivity contribution in [1.82, 2.24) is 10.3 Å². The molecule has 0 aliphatic rings. The van der Waals surface area contributed by atoms with Crippen molar-refractivity contribution < 1.29 is 13.5 Å². The molecule has 0 spiro atoms. The molecule has 21 heavy (non-hydrogen) atoms. The summed E-state index contributed by atoms with van der Waals surface area (Å²) in [5.74, 6) is -1.69. The SMILES string of the molecule is CCCNCc1cc(F)c(OCc2cnc(C)s2)c(F)c1. The molecule has 0 atom stereocenters. The average Bonchev–Trinajstić information content (AvgIpc) is 2.84. The van der Waals surface area contributed by atoms with Crippen LogP contribution in [0.5, 0.6) is 5.75 Å². The van der Waals surface area contributed by atoms with Crippen LogP contribution in [0.25, 0.3) is 0 Å². The van der Waals surface area contributed by atoms with Crippen LogP contribution in [0.15, 0.2) is 18.3 Å². The first-order chi connectivity index (χ1) is 10.1. The molecule has 1 N–H and O–H groups in total. The van der Waals surface area contributed by atoms with Gasteiger partial charge in [0, 0.05) is 12.7 Å². The van der Waals surface area contributed by atoms with Gasteiger partial charge in [0.2, 0.25) is 0 Å². The predicted molar refractivity (Wildman–Crippen MR) is 79.5 cm³/mol. The molecule has 0 bridgehead atoms. The first-order valence-electron chi connectivity index (χ1n) is 6.83. The zero-order valence-electron chi connectivity index (χ0n) is 12.1. The first kappa shape index (κ1) is 15.9. The summed E-state index contributed by atoms with van der Waals surface area (Å²) in [4.78, 5) is 4.91. The Bertz CT molecular complexity index is 578. The van der Waals surface area contributed by atoms with Crippen molar-refractivity contribution in [2.45, 2.75) is 33.4 Å². The number of rotatable bonds is 7. The fourth-order valence-electron chi connectivity index (χ4n) is 1.88. The lowest BCUT2D eigenvalue weighted by Crippen LogP contribution is -2.14. The highest BCUT2D eigenvalue weighted by atomic mass is 32.1. The lowest BCUT2D eigenvalue weighted by atomic mass is 10.2. The van der Waals surface area contributed by atoms with E-state index in [2.05, 4.69) is 10.3 Å². The van der Waals surface area contributed by atoms with E-state index in [1.165, 1.54) is 23.5 Å². The van der Waals surface area contributed by atoms with Gasteiger partial charge in [-0.2, -0.15) is 0 Å². The van der Waals surface area contributed by atoms with Gasteiger partial charge in [0.1, 0.15) is 6.61 Å². The molecule has 2 aromatic rings. The van der Waals surface area contributed by atoms with Crippen LogP contribution in [0.1, 0.15) is 28.8 Å². The first-order valence-corrected chi connectivity index (χ1v) is 7.64. The van der Waals surface area contributed by atoms with Crippen LogP contribution in [0, 0.1) is 18.6 Å². The third-order valence-electron chi connectivity index (χ3n) is 2.84. The summed E-state index contributed by atoms with van der Waals surface area (Å²) >= 11 is 1.44. The monoisotopic (exact) mass is 312 g/mol. The predicted octanol–water partition coefficient (Wildman–Crippen LogP) is 3.81. The van der Waals surface area contributed by atoms with Gasteiger partial charge in [0.25, 0.3) is 0 Å². The second-order valence-corrected chi connectivity index (χ2v) is 6.02. The fourth-order valence-corrected chi connectivity index (χ4v) is 2.59. The Morgan fingerprint density at radius 3 is 2.57 bits per heavy atom. The van der Waals surface area contributed by atoms with E-state index in [1.54, 1.807) is 6.20 Å². The van der Waals surface area contributed by atoms with Gasteiger partial charge in [0.15, 0.2) is 17.4 Å². The van der Waals surface area contributed by atoms with Gasteiger partial charge in [0.05, 0.1) is 9.88 Å². The number of nitrogens with one attached hydrogen (secondary N) is 1. The van der Waals surface area contributed by atoms with Gasteiger partial charge in [-0.1, -0.05) is 6.92 Å². The van der Waals surface area contributed by atoms with Crippen molar-refractivity contribution in [2.75, 3.05) is 6.54 Å². The Labute approximate surface area is 127 Å². The molecule has 0 radical (unpaired) electrons. The molecule has 0 unspecified atom stereocenters. The number of hydrogen-bond donors (Lipinski definition) is 1. The Balaban J connectivity index is 2.02. The summed E-state index contributed by atoms with van der Waals surface area (Å²) in [5, 5.41) is 4.00. The van der Waals surface area contributed by atoms with Crippen LogP contribution in [0.2, 0.25) is 0 Å². The number of ether oxygens (including phenoxy) is 1. The van der Waals surface area contributed by atoms with E-state index in [4.69, 9.17) is 4.74 Å². The van der Waals surface area contributed by atoms with Crippen molar-refractivity contribution in [3.05, 3.63) is 45.4 Å². The molecular weight excluding hydrogens is 294 g/mol. The summed E-state index contributed by atoms with van der Waals surface area (Å²) in [6.07, 6.45) is 2.62. The summed E-state index contributed by atoms with van der Waals surface area (Å²) < 4.78 is 33.1. The molecule has 0 aliphatic carbocycles. The topological polar surface area (TPSA) is 34.1 Å². The number of nitrogens with zero attached hydrogens (tertiary/aromatic N) is 1. The maximum Gasteiger partial charge on any atom is 0.191 e. The number of halogens is 2. The maximum atomic E-state index is 13.9. The van der Waals surface area contributed by atoms with E-state index in [1.807, 2.05) is 13.8 Å². The Morgan fingerprint density at radius 2 is 2.00 bits per heavy atom. The lowest BCUT2D eigenvalue weighted by Gasteiger charge is -2.10. The van der Waals surface area contributed by atoms with E-state index in [0.29, 0.717) is 12.1 Å². The lowest BCUT2D eigenvalue weighted by molar-refractivity contribution is 0.276. The van der Waals surface area contributed by atoms with Crippen LogP contribution < -0.4 is 10.1 Å². The van der Waals surface area contributed by atoms with E-state index < -0.39 is 11.6 Å². The fraction of sp³-hybridized carbons (Fsp3) is 0.400.